The molecule has 1 atom stereocenters. The van der Waals surface area contributed by atoms with Crippen LogP contribution in [0.5, 0.6) is 0 Å². The molecule has 1 aromatic heterocycles. The van der Waals surface area contributed by atoms with Gasteiger partial charge in [0.25, 0.3) is 5.91 Å². The Morgan fingerprint density at radius 2 is 1.85 bits per heavy atom. The minimum Gasteiger partial charge on any atom is -0.368 e. The van der Waals surface area contributed by atoms with Gasteiger partial charge in [-0.25, -0.2) is 0 Å². The number of para-hydroxylation sites is 1. The Morgan fingerprint density at radius 1 is 1.15 bits per heavy atom. The lowest BCUT2D eigenvalue weighted by Gasteiger charge is -2.15. The number of carbonyl (C=O) groups is 2. The second-order valence-electron chi connectivity index (χ2n) is 6.07. The predicted molar refractivity (Wildman–Crippen MR) is 100 cm³/mol. The first-order valence-corrected chi connectivity index (χ1v) is 8.59. The molecule has 0 aliphatic carbocycles. The summed E-state index contributed by atoms with van der Waals surface area (Å²) < 4.78 is 1.71. The van der Waals surface area contributed by atoms with Gasteiger partial charge in [0.15, 0.2) is 5.69 Å². The number of aryl methyl sites for hydroxylation is 1. The summed E-state index contributed by atoms with van der Waals surface area (Å²) in [6.07, 6.45) is 1.05. The number of nitrogens with zero attached hydrogens (tertiary/aromatic N) is 3. The fourth-order valence-electron chi connectivity index (χ4n) is 2.94. The summed E-state index contributed by atoms with van der Waals surface area (Å²) in [6.45, 7) is 0.527. The third-order valence-electron chi connectivity index (χ3n) is 4.22. The average Bonchev–Trinajstić information content (AvgIpc) is 3.06. The quantitative estimate of drug-likeness (QED) is 0.628. The van der Waals surface area contributed by atoms with Crippen LogP contribution in [0, 0.1) is 11.3 Å². The summed E-state index contributed by atoms with van der Waals surface area (Å²) >= 11 is 0. The first kappa shape index (κ1) is 18.1. The van der Waals surface area contributed by atoms with Gasteiger partial charge >= 0.3 is 0 Å². The van der Waals surface area contributed by atoms with Gasteiger partial charge in [-0.3, -0.25) is 14.3 Å². The van der Waals surface area contributed by atoms with E-state index < -0.39 is 17.9 Å². The molecule has 0 fully saturated rings. The zero-order chi connectivity index (χ0) is 19.2. The highest BCUT2D eigenvalue weighted by Gasteiger charge is 2.24. The number of carbonyl (C=O) groups excluding carboxylic acids is 2. The molecule has 3 N–H and O–H groups in total. The van der Waals surface area contributed by atoms with Crippen LogP contribution in [0.1, 0.15) is 34.9 Å². The number of rotatable bonds is 7. The molecule has 0 radical (unpaired) electrons. The van der Waals surface area contributed by atoms with Gasteiger partial charge in [-0.05, 0) is 18.1 Å². The van der Waals surface area contributed by atoms with Crippen molar-refractivity contribution in [3.63, 3.8) is 0 Å². The molecule has 0 bridgehead atoms. The summed E-state index contributed by atoms with van der Waals surface area (Å²) in [6, 6.07) is 17.3. The van der Waals surface area contributed by atoms with E-state index in [2.05, 4.69) is 16.5 Å². The maximum absolute atomic E-state index is 12.8. The first-order valence-electron chi connectivity index (χ1n) is 8.59. The number of benzene rings is 2. The van der Waals surface area contributed by atoms with E-state index in [4.69, 9.17) is 11.0 Å². The Labute approximate surface area is 156 Å². The van der Waals surface area contributed by atoms with Crippen molar-refractivity contribution in [3.8, 4) is 6.07 Å². The van der Waals surface area contributed by atoms with Crippen LogP contribution in [0.25, 0.3) is 10.9 Å². The van der Waals surface area contributed by atoms with E-state index in [1.54, 1.807) is 35.0 Å². The highest BCUT2D eigenvalue weighted by molar-refractivity contribution is 6.06. The number of primary amides is 1. The maximum atomic E-state index is 12.8. The lowest BCUT2D eigenvalue weighted by molar-refractivity contribution is -0.120. The van der Waals surface area contributed by atoms with E-state index in [9.17, 15) is 9.59 Å². The minimum atomic E-state index is -0.943. The van der Waals surface area contributed by atoms with Gasteiger partial charge in [-0.15, -0.1) is 0 Å². The third kappa shape index (κ3) is 3.96. The molecule has 0 saturated heterocycles. The highest BCUT2D eigenvalue weighted by Crippen LogP contribution is 2.20. The fraction of sp³-hybridized carbons (Fsp3) is 0.200. The molecular weight excluding hydrogens is 342 g/mol. The Bertz CT molecular complexity index is 1000. The Hall–Kier alpha value is -3.66. The van der Waals surface area contributed by atoms with Crippen molar-refractivity contribution in [1.29, 1.82) is 5.26 Å². The molecule has 3 aromatic rings. The van der Waals surface area contributed by atoms with Crippen molar-refractivity contribution in [2.24, 2.45) is 5.73 Å². The van der Waals surface area contributed by atoms with Crippen LogP contribution in [0.3, 0.4) is 0 Å². The van der Waals surface area contributed by atoms with Crippen LogP contribution in [0.2, 0.25) is 0 Å². The van der Waals surface area contributed by atoms with Gasteiger partial charge in [-0.2, -0.15) is 10.4 Å². The van der Waals surface area contributed by atoms with Gasteiger partial charge in [0.1, 0.15) is 6.04 Å². The molecule has 0 spiro atoms. The molecule has 2 amide bonds. The Balaban J connectivity index is 1.91. The molecule has 1 heterocycles. The molecule has 0 aliphatic rings. The molecule has 7 nitrogen and oxygen atoms in total. The smallest absolute Gasteiger partial charge is 0.273 e. The summed E-state index contributed by atoms with van der Waals surface area (Å²) in [4.78, 5) is 24.7. The van der Waals surface area contributed by atoms with Crippen molar-refractivity contribution in [1.82, 2.24) is 15.1 Å². The van der Waals surface area contributed by atoms with Crippen LogP contribution >= 0.6 is 0 Å². The second-order valence-corrected chi connectivity index (χ2v) is 6.07. The van der Waals surface area contributed by atoms with Crippen LogP contribution in [-0.4, -0.2) is 21.6 Å². The van der Waals surface area contributed by atoms with Gasteiger partial charge in [0, 0.05) is 18.4 Å². The van der Waals surface area contributed by atoms with Gasteiger partial charge in [0.05, 0.1) is 11.6 Å². The minimum absolute atomic E-state index is 0.227. The number of unbranched alkanes of at least 4 members (excludes halogenated alkanes) is 1. The lowest BCUT2D eigenvalue weighted by Crippen LogP contribution is -2.37. The van der Waals surface area contributed by atoms with E-state index in [-0.39, 0.29) is 5.69 Å². The van der Waals surface area contributed by atoms with Crippen LogP contribution in [0.4, 0.5) is 0 Å². The monoisotopic (exact) mass is 361 g/mol. The predicted octanol–water partition coefficient (Wildman–Crippen LogP) is 2.30. The van der Waals surface area contributed by atoms with Crippen molar-refractivity contribution in [2.45, 2.75) is 25.4 Å². The molecular formula is C20H19N5O2. The highest BCUT2D eigenvalue weighted by atomic mass is 16.2. The molecule has 7 heteroatoms. The summed E-state index contributed by atoms with van der Waals surface area (Å²) in [7, 11) is 0. The Morgan fingerprint density at radius 3 is 2.56 bits per heavy atom. The molecule has 0 saturated carbocycles. The average molecular weight is 361 g/mol. The van der Waals surface area contributed by atoms with Crippen LogP contribution < -0.4 is 11.1 Å². The summed E-state index contributed by atoms with van der Waals surface area (Å²) in [5, 5.41) is 16.5. The number of amides is 2. The van der Waals surface area contributed by atoms with Crippen molar-refractivity contribution < 1.29 is 9.59 Å². The van der Waals surface area contributed by atoms with Crippen molar-refractivity contribution in [2.75, 3.05) is 0 Å². The normalized spacial score (nSPS) is 11.7. The van der Waals surface area contributed by atoms with E-state index >= 15 is 0 Å². The zero-order valence-electron chi connectivity index (χ0n) is 14.6. The van der Waals surface area contributed by atoms with Crippen molar-refractivity contribution >= 4 is 22.7 Å². The van der Waals surface area contributed by atoms with E-state index in [0.29, 0.717) is 30.3 Å². The SMILES string of the molecule is N#CCCCn1nc(C(=O)N[C@H](C(N)=O)c2ccccc2)c2ccccc21. The molecule has 27 heavy (non-hydrogen) atoms. The standard InChI is InChI=1S/C20H19N5O2/c21-12-6-7-13-25-16-11-5-4-10-15(16)18(24-25)20(27)23-17(19(22)26)14-8-2-1-3-9-14/h1-5,8-11,17H,6-7,13H2,(H2,22,26)(H,23,27)/t17-/m0/s1. The topological polar surface area (TPSA) is 114 Å². The van der Waals surface area contributed by atoms with Gasteiger partial charge in [0.2, 0.25) is 5.91 Å². The number of hydrogen-bond donors (Lipinski definition) is 2. The van der Waals surface area contributed by atoms with E-state index in [1.165, 1.54) is 0 Å². The first-order chi connectivity index (χ1) is 13.1. The maximum Gasteiger partial charge on any atom is 0.273 e. The number of nitrogens with two attached hydrogens (primary N) is 1. The molecule has 0 aliphatic heterocycles. The summed E-state index contributed by atoms with van der Waals surface area (Å²) in [5.41, 5.74) is 7.12. The number of nitrogens with one attached hydrogen (secondary N) is 1. The molecule has 0 unspecified atom stereocenters. The second kappa shape index (κ2) is 8.15. The number of hydrogen-bond acceptors (Lipinski definition) is 4. The fourth-order valence-corrected chi connectivity index (χ4v) is 2.94. The number of aromatic nitrogens is 2. The van der Waals surface area contributed by atoms with Gasteiger partial charge < -0.3 is 11.1 Å². The number of nitriles is 1. The van der Waals surface area contributed by atoms with Crippen LogP contribution in [-0.2, 0) is 11.3 Å². The van der Waals surface area contributed by atoms with Crippen LogP contribution in [0.15, 0.2) is 54.6 Å². The zero-order valence-corrected chi connectivity index (χ0v) is 14.6. The molecule has 2 aromatic carbocycles. The molecule has 3 rings (SSSR count). The number of fused-ring (bicyclic) bond motifs is 1. The largest absolute Gasteiger partial charge is 0.368 e. The van der Waals surface area contributed by atoms with Gasteiger partial charge in [-0.1, -0.05) is 48.5 Å². The van der Waals surface area contributed by atoms with E-state index in [1.807, 2.05) is 24.3 Å². The molecule has 136 valence electrons. The van der Waals surface area contributed by atoms with E-state index in [0.717, 1.165) is 5.52 Å². The van der Waals surface area contributed by atoms with Crippen molar-refractivity contribution in [3.05, 3.63) is 65.9 Å². The Kier molecular flexibility index (Phi) is 5.47. The summed E-state index contributed by atoms with van der Waals surface area (Å²) in [5.74, 6) is -1.12. The third-order valence-corrected chi connectivity index (χ3v) is 4.22. The lowest BCUT2D eigenvalue weighted by atomic mass is 10.1.